The van der Waals surface area contributed by atoms with Gasteiger partial charge in [0.15, 0.2) is 33.6 Å². The second-order valence-electron chi connectivity index (χ2n) is 8.50. The number of rotatable bonds is 7. The number of benzene rings is 1. The number of fused-ring (bicyclic) bond motifs is 2. The molecule has 1 atom stereocenters. The number of nitrogen functional groups attached to an aromatic ring is 1. The molecule has 0 amide bonds. The number of carbonyl (C=O) groups excluding carboxylic acids is 1. The fraction of sp³-hybridized carbons (Fsp3) is 0.429. The molecule has 0 saturated carbocycles. The first-order valence-electron chi connectivity index (χ1n) is 10.3. The number of halogens is 1. The highest BCUT2D eigenvalue weighted by atomic mass is 127. The molecule has 1 aromatic carbocycles. The Morgan fingerprint density at radius 3 is 2.76 bits per heavy atom. The van der Waals surface area contributed by atoms with E-state index in [0.29, 0.717) is 47.3 Å². The second-order valence-corrected chi connectivity index (χ2v) is 10.7. The van der Waals surface area contributed by atoms with Crippen molar-refractivity contribution in [1.29, 1.82) is 0 Å². The molecule has 0 fully saturated rings. The molecule has 4 N–H and O–H groups in total. The number of imidazole rings is 1. The van der Waals surface area contributed by atoms with Crippen LogP contribution in [0.1, 0.15) is 33.6 Å². The van der Waals surface area contributed by atoms with Crippen molar-refractivity contribution >= 4 is 57.3 Å². The fourth-order valence-electron chi connectivity index (χ4n) is 3.25. The van der Waals surface area contributed by atoms with Crippen LogP contribution in [0.2, 0.25) is 0 Å². The SMILES string of the molecule is CC(C)(C)OC(=O)C(N)CCCn1c(Sc2cc3c(cc2I)OCO3)nc2c(N)ncnc21. The van der Waals surface area contributed by atoms with E-state index < -0.39 is 17.6 Å². The van der Waals surface area contributed by atoms with Crippen LogP contribution < -0.4 is 20.9 Å². The first kappa shape index (κ1) is 23.8. The Morgan fingerprint density at radius 1 is 1.30 bits per heavy atom. The maximum absolute atomic E-state index is 12.2. The minimum atomic E-state index is -0.704. The lowest BCUT2D eigenvalue weighted by molar-refractivity contribution is -0.156. The van der Waals surface area contributed by atoms with Crippen LogP contribution in [0.25, 0.3) is 11.2 Å². The van der Waals surface area contributed by atoms with Gasteiger partial charge in [0.05, 0.1) is 0 Å². The van der Waals surface area contributed by atoms with Crippen molar-refractivity contribution in [1.82, 2.24) is 19.5 Å². The van der Waals surface area contributed by atoms with E-state index in [4.69, 9.17) is 30.7 Å². The molecule has 1 aliphatic heterocycles. The van der Waals surface area contributed by atoms with E-state index in [9.17, 15) is 4.79 Å². The molecule has 3 heterocycles. The molecule has 3 aromatic rings. The number of hydrogen-bond acceptors (Lipinski definition) is 10. The summed E-state index contributed by atoms with van der Waals surface area (Å²) in [5, 5.41) is 0.708. The van der Waals surface area contributed by atoms with Crippen LogP contribution >= 0.6 is 34.4 Å². The maximum Gasteiger partial charge on any atom is 0.323 e. The number of hydrogen-bond donors (Lipinski definition) is 2. The number of carbonyl (C=O) groups is 1. The largest absolute Gasteiger partial charge is 0.459 e. The molecular formula is C21H25IN6O4S. The molecule has 0 radical (unpaired) electrons. The van der Waals surface area contributed by atoms with Crippen LogP contribution in [0.15, 0.2) is 28.5 Å². The minimum absolute atomic E-state index is 0.210. The summed E-state index contributed by atoms with van der Waals surface area (Å²) in [6, 6.07) is 3.17. The molecule has 2 aromatic heterocycles. The van der Waals surface area contributed by atoms with E-state index in [-0.39, 0.29) is 6.79 Å². The minimum Gasteiger partial charge on any atom is -0.459 e. The normalized spacial score (nSPS) is 14.0. The molecule has 0 spiro atoms. The van der Waals surface area contributed by atoms with Gasteiger partial charge in [-0.1, -0.05) is 11.8 Å². The smallest absolute Gasteiger partial charge is 0.323 e. The Hall–Kier alpha value is -2.32. The van der Waals surface area contributed by atoms with Crippen molar-refractivity contribution in [2.75, 3.05) is 12.5 Å². The summed E-state index contributed by atoms with van der Waals surface area (Å²) in [5.74, 6) is 1.33. The zero-order valence-electron chi connectivity index (χ0n) is 18.5. The Morgan fingerprint density at radius 2 is 2.03 bits per heavy atom. The average molecular weight is 584 g/mol. The summed E-state index contributed by atoms with van der Waals surface area (Å²) in [5.41, 5.74) is 12.7. The van der Waals surface area contributed by atoms with Crippen molar-refractivity contribution in [2.45, 2.75) is 61.9 Å². The van der Waals surface area contributed by atoms with Gasteiger partial charge >= 0.3 is 5.97 Å². The molecule has 0 bridgehead atoms. The van der Waals surface area contributed by atoms with Gasteiger partial charge in [0.2, 0.25) is 6.79 Å². The third-order valence-corrected chi connectivity index (χ3v) is 7.07. The summed E-state index contributed by atoms with van der Waals surface area (Å²) >= 11 is 3.74. The number of ether oxygens (including phenoxy) is 3. The van der Waals surface area contributed by atoms with Gasteiger partial charge in [-0.15, -0.1) is 0 Å². The van der Waals surface area contributed by atoms with Gasteiger partial charge in [0.1, 0.15) is 18.0 Å². The highest BCUT2D eigenvalue weighted by molar-refractivity contribution is 14.1. The quantitative estimate of drug-likeness (QED) is 0.314. The predicted molar refractivity (Wildman–Crippen MR) is 132 cm³/mol. The molecule has 12 heteroatoms. The molecule has 0 aliphatic carbocycles. The monoisotopic (exact) mass is 584 g/mol. The summed E-state index contributed by atoms with van der Waals surface area (Å²) < 4.78 is 19.3. The summed E-state index contributed by atoms with van der Waals surface area (Å²) in [6.45, 7) is 6.22. The number of esters is 1. The van der Waals surface area contributed by atoms with Crippen molar-refractivity contribution in [3.05, 3.63) is 22.0 Å². The van der Waals surface area contributed by atoms with Crippen LogP contribution in [0.4, 0.5) is 5.82 Å². The van der Waals surface area contributed by atoms with E-state index >= 15 is 0 Å². The van der Waals surface area contributed by atoms with Gasteiger partial charge in [-0.25, -0.2) is 15.0 Å². The molecule has 0 saturated heterocycles. The molecular weight excluding hydrogens is 559 g/mol. The van der Waals surface area contributed by atoms with Crippen LogP contribution in [-0.2, 0) is 16.1 Å². The van der Waals surface area contributed by atoms with Crippen LogP contribution in [0, 0.1) is 3.57 Å². The maximum atomic E-state index is 12.2. The molecule has 1 unspecified atom stereocenters. The van der Waals surface area contributed by atoms with E-state index in [2.05, 4.69) is 32.6 Å². The van der Waals surface area contributed by atoms with Crippen LogP contribution in [-0.4, -0.2) is 43.9 Å². The first-order valence-corrected chi connectivity index (χ1v) is 12.2. The van der Waals surface area contributed by atoms with Gasteiger partial charge in [-0.2, -0.15) is 0 Å². The fourth-order valence-corrected chi connectivity index (χ4v) is 4.97. The first-order chi connectivity index (χ1) is 15.6. The number of anilines is 1. The van der Waals surface area contributed by atoms with Gasteiger partial charge < -0.3 is 30.2 Å². The van der Waals surface area contributed by atoms with E-state index in [1.54, 1.807) is 0 Å². The van der Waals surface area contributed by atoms with Gasteiger partial charge in [0.25, 0.3) is 0 Å². The highest BCUT2D eigenvalue weighted by Gasteiger charge is 2.23. The lowest BCUT2D eigenvalue weighted by Gasteiger charge is -2.22. The van der Waals surface area contributed by atoms with Crippen molar-refractivity contribution in [3.63, 3.8) is 0 Å². The number of nitrogens with two attached hydrogens (primary N) is 2. The lowest BCUT2D eigenvalue weighted by atomic mass is 10.1. The predicted octanol–water partition coefficient (Wildman–Crippen LogP) is 3.34. The Bertz CT molecular complexity index is 1200. The van der Waals surface area contributed by atoms with Gasteiger partial charge in [-0.05, 0) is 68.3 Å². The Balaban J connectivity index is 1.56. The van der Waals surface area contributed by atoms with E-state index in [1.807, 2.05) is 37.5 Å². The third kappa shape index (κ3) is 5.44. The topological polar surface area (TPSA) is 140 Å². The summed E-state index contributed by atoms with van der Waals surface area (Å²) in [7, 11) is 0. The summed E-state index contributed by atoms with van der Waals surface area (Å²) in [6.07, 6.45) is 2.50. The standard InChI is InChI=1S/C21H25IN6O4S/c1-21(2,3)32-19(29)12(23)5-4-6-28-18-16(17(24)25-9-26-18)27-20(28)33-15-8-14-13(7-11(15)22)30-10-31-14/h7-9,12H,4-6,10,23H2,1-3H3,(H2,24,25,26). The van der Waals surface area contributed by atoms with Gasteiger partial charge in [-0.3, -0.25) is 4.79 Å². The Kier molecular flexibility index (Phi) is 6.86. The summed E-state index contributed by atoms with van der Waals surface area (Å²) in [4.78, 5) is 26.3. The van der Waals surface area contributed by atoms with E-state index in [1.165, 1.54) is 18.1 Å². The Labute approximate surface area is 208 Å². The second kappa shape index (κ2) is 9.50. The number of aryl methyl sites for hydroxylation is 1. The lowest BCUT2D eigenvalue weighted by Crippen LogP contribution is -2.37. The third-order valence-electron chi connectivity index (χ3n) is 4.76. The average Bonchev–Trinajstić information content (AvgIpc) is 3.32. The van der Waals surface area contributed by atoms with Crippen molar-refractivity contribution < 1.29 is 19.0 Å². The van der Waals surface area contributed by atoms with Crippen LogP contribution in [0.5, 0.6) is 11.5 Å². The molecule has 176 valence electrons. The highest BCUT2D eigenvalue weighted by Crippen LogP contribution is 2.41. The molecule has 4 rings (SSSR count). The van der Waals surface area contributed by atoms with Gasteiger partial charge in [0, 0.05) is 15.0 Å². The van der Waals surface area contributed by atoms with Crippen molar-refractivity contribution in [3.8, 4) is 11.5 Å². The zero-order chi connectivity index (χ0) is 23.8. The number of aromatic nitrogens is 4. The molecule has 10 nitrogen and oxygen atoms in total. The van der Waals surface area contributed by atoms with Crippen molar-refractivity contribution in [2.24, 2.45) is 5.73 Å². The molecule has 33 heavy (non-hydrogen) atoms. The van der Waals surface area contributed by atoms with E-state index in [0.717, 1.165) is 14.2 Å². The van der Waals surface area contributed by atoms with Crippen LogP contribution in [0.3, 0.4) is 0 Å². The number of nitrogens with zero attached hydrogens (tertiary/aromatic N) is 4. The molecule has 1 aliphatic rings. The zero-order valence-corrected chi connectivity index (χ0v) is 21.5.